The second-order valence-electron chi connectivity index (χ2n) is 5.98. The molecule has 1 aromatic carbocycles. The molecule has 0 atom stereocenters. The van der Waals surface area contributed by atoms with E-state index in [9.17, 15) is 0 Å². The molecule has 0 radical (unpaired) electrons. The number of aromatic nitrogens is 3. The monoisotopic (exact) mass is 382 g/mol. The predicted octanol–water partition coefficient (Wildman–Crippen LogP) is 3.22. The highest BCUT2D eigenvalue weighted by Gasteiger charge is 2.00. The Morgan fingerprint density at radius 2 is 1.93 bits per heavy atom. The Morgan fingerprint density at radius 3 is 2.59 bits per heavy atom. The lowest BCUT2D eigenvalue weighted by Gasteiger charge is -2.11. The van der Waals surface area contributed by atoms with Crippen LogP contribution >= 0.6 is 11.6 Å². The maximum absolute atomic E-state index is 5.81. The average molecular weight is 383 g/mol. The van der Waals surface area contributed by atoms with Crippen LogP contribution in [0.2, 0.25) is 5.15 Å². The molecule has 7 heteroatoms. The number of guanidine groups is 1. The second-order valence-corrected chi connectivity index (χ2v) is 6.37. The first-order valence-electron chi connectivity index (χ1n) is 8.96. The number of pyridine rings is 1. The van der Waals surface area contributed by atoms with E-state index in [4.69, 9.17) is 11.6 Å². The van der Waals surface area contributed by atoms with Gasteiger partial charge < -0.3 is 10.6 Å². The average Bonchev–Trinajstić information content (AvgIpc) is 3.23. The number of halogens is 1. The summed E-state index contributed by atoms with van der Waals surface area (Å²) < 4.78 is 1.85. The maximum Gasteiger partial charge on any atom is 0.191 e. The SMILES string of the molecule is CCNC(=NCc1ccc(Cl)nc1)NCCc1ccc(-n2cccn2)cc1. The number of aliphatic imine (C=N–C) groups is 1. The lowest BCUT2D eigenvalue weighted by atomic mass is 10.1. The molecule has 6 nitrogen and oxygen atoms in total. The Morgan fingerprint density at radius 1 is 1.11 bits per heavy atom. The molecule has 0 fully saturated rings. The molecule has 0 aliphatic carbocycles. The predicted molar refractivity (Wildman–Crippen MR) is 109 cm³/mol. The Hall–Kier alpha value is -2.86. The number of benzene rings is 1. The molecule has 3 rings (SSSR count). The molecule has 0 saturated carbocycles. The maximum atomic E-state index is 5.81. The van der Waals surface area contributed by atoms with Crippen molar-refractivity contribution in [3.05, 3.63) is 77.3 Å². The van der Waals surface area contributed by atoms with Crippen LogP contribution in [0, 0.1) is 0 Å². The van der Waals surface area contributed by atoms with Crippen molar-refractivity contribution in [1.82, 2.24) is 25.4 Å². The van der Waals surface area contributed by atoms with Gasteiger partial charge in [-0.25, -0.2) is 14.7 Å². The molecule has 0 saturated heterocycles. The molecule has 0 spiro atoms. The van der Waals surface area contributed by atoms with Crippen LogP contribution in [0.25, 0.3) is 5.69 Å². The quantitative estimate of drug-likeness (QED) is 0.374. The highest BCUT2D eigenvalue weighted by Crippen LogP contribution is 2.09. The van der Waals surface area contributed by atoms with Crippen LogP contribution in [-0.4, -0.2) is 33.8 Å². The third-order valence-electron chi connectivity index (χ3n) is 3.96. The van der Waals surface area contributed by atoms with Gasteiger partial charge in [0, 0.05) is 31.7 Å². The largest absolute Gasteiger partial charge is 0.357 e. The van der Waals surface area contributed by atoms with Crippen molar-refractivity contribution in [2.75, 3.05) is 13.1 Å². The first-order valence-corrected chi connectivity index (χ1v) is 9.34. The summed E-state index contributed by atoms with van der Waals surface area (Å²) in [6.07, 6.45) is 6.37. The highest BCUT2D eigenvalue weighted by molar-refractivity contribution is 6.29. The number of rotatable bonds is 7. The van der Waals surface area contributed by atoms with Gasteiger partial charge in [-0.3, -0.25) is 0 Å². The standard InChI is InChI=1S/C20H23ClN6/c1-2-22-20(25-15-17-6-9-19(21)24-14-17)23-12-10-16-4-7-18(8-5-16)27-13-3-11-26-27/h3-9,11,13-14H,2,10,12,15H2,1H3,(H2,22,23,25). The van der Waals surface area contributed by atoms with E-state index < -0.39 is 0 Å². The minimum atomic E-state index is 0.492. The third-order valence-corrected chi connectivity index (χ3v) is 4.19. The van der Waals surface area contributed by atoms with E-state index in [-0.39, 0.29) is 0 Å². The van der Waals surface area contributed by atoms with Gasteiger partial charge >= 0.3 is 0 Å². The number of hydrogen-bond donors (Lipinski definition) is 2. The van der Waals surface area contributed by atoms with Crippen LogP contribution in [-0.2, 0) is 13.0 Å². The topological polar surface area (TPSA) is 67.1 Å². The summed E-state index contributed by atoms with van der Waals surface area (Å²) >= 11 is 5.81. The molecule has 0 aliphatic heterocycles. The van der Waals surface area contributed by atoms with Crippen LogP contribution in [0.15, 0.2) is 66.0 Å². The van der Waals surface area contributed by atoms with Gasteiger partial charge in [0.15, 0.2) is 5.96 Å². The fraction of sp³-hybridized carbons (Fsp3) is 0.250. The molecule has 0 bridgehead atoms. The zero-order chi connectivity index (χ0) is 18.9. The fourth-order valence-electron chi connectivity index (χ4n) is 2.57. The van der Waals surface area contributed by atoms with Gasteiger partial charge in [-0.1, -0.05) is 29.8 Å². The third kappa shape index (κ3) is 5.82. The molecule has 27 heavy (non-hydrogen) atoms. The van der Waals surface area contributed by atoms with Crippen molar-refractivity contribution >= 4 is 17.6 Å². The molecule has 2 heterocycles. The van der Waals surface area contributed by atoms with E-state index in [0.29, 0.717) is 11.7 Å². The summed E-state index contributed by atoms with van der Waals surface area (Å²) in [6, 6.07) is 14.0. The minimum Gasteiger partial charge on any atom is -0.357 e. The molecule has 0 amide bonds. The van der Waals surface area contributed by atoms with Gasteiger partial charge in [0.1, 0.15) is 5.15 Å². The summed E-state index contributed by atoms with van der Waals surface area (Å²) in [5.74, 6) is 0.792. The normalized spacial score (nSPS) is 11.4. The van der Waals surface area contributed by atoms with E-state index in [1.807, 2.05) is 23.0 Å². The number of nitrogens with zero attached hydrogens (tertiary/aromatic N) is 4. The van der Waals surface area contributed by atoms with Gasteiger partial charge in [0.2, 0.25) is 0 Å². The van der Waals surface area contributed by atoms with E-state index >= 15 is 0 Å². The summed E-state index contributed by atoms with van der Waals surface area (Å²) in [5, 5.41) is 11.4. The van der Waals surface area contributed by atoms with Gasteiger partial charge in [0.05, 0.1) is 12.2 Å². The van der Waals surface area contributed by atoms with Crippen molar-refractivity contribution in [3.63, 3.8) is 0 Å². The van der Waals surface area contributed by atoms with E-state index in [1.165, 1.54) is 5.56 Å². The van der Waals surface area contributed by atoms with Crippen molar-refractivity contribution in [2.45, 2.75) is 19.9 Å². The van der Waals surface area contributed by atoms with Crippen molar-refractivity contribution < 1.29 is 0 Å². The van der Waals surface area contributed by atoms with Crippen molar-refractivity contribution in [2.24, 2.45) is 4.99 Å². The van der Waals surface area contributed by atoms with Gasteiger partial charge in [0.25, 0.3) is 0 Å². The molecule has 140 valence electrons. The van der Waals surface area contributed by atoms with Gasteiger partial charge in [-0.05, 0) is 48.7 Å². The Labute approximate surface area is 164 Å². The van der Waals surface area contributed by atoms with Crippen LogP contribution in [0.3, 0.4) is 0 Å². The lowest BCUT2D eigenvalue weighted by Crippen LogP contribution is -2.38. The number of nitrogens with one attached hydrogen (secondary N) is 2. The smallest absolute Gasteiger partial charge is 0.191 e. The first-order chi connectivity index (χ1) is 13.2. The second kappa shape index (κ2) is 9.73. The van der Waals surface area contributed by atoms with E-state index in [2.05, 4.69) is 56.9 Å². The first kappa shape index (κ1) is 18.9. The van der Waals surface area contributed by atoms with Gasteiger partial charge in [-0.2, -0.15) is 5.10 Å². The zero-order valence-corrected chi connectivity index (χ0v) is 16.0. The molecule has 2 aromatic heterocycles. The highest BCUT2D eigenvalue weighted by atomic mass is 35.5. The van der Waals surface area contributed by atoms with E-state index in [0.717, 1.165) is 36.7 Å². The fourth-order valence-corrected chi connectivity index (χ4v) is 2.69. The minimum absolute atomic E-state index is 0.492. The van der Waals surface area contributed by atoms with Crippen molar-refractivity contribution in [1.29, 1.82) is 0 Å². The van der Waals surface area contributed by atoms with Gasteiger partial charge in [-0.15, -0.1) is 0 Å². The summed E-state index contributed by atoms with van der Waals surface area (Å²) in [6.45, 7) is 4.21. The molecule has 0 aliphatic rings. The molecular weight excluding hydrogens is 360 g/mol. The Kier molecular flexibility index (Phi) is 6.82. The zero-order valence-electron chi connectivity index (χ0n) is 15.3. The van der Waals surface area contributed by atoms with Crippen LogP contribution in [0.4, 0.5) is 0 Å². The molecular formula is C20H23ClN6. The van der Waals surface area contributed by atoms with Crippen LogP contribution in [0.5, 0.6) is 0 Å². The Balaban J connectivity index is 1.51. The summed E-state index contributed by atoms with van der Waals surface area (Å²) in [7, 11) is 0. The van der Waals surface area contributed by atoms with Crippen molar-refractivity contribution in [3.8, 4) is 5.69 Å². The summed E-state index contributed by atoms with van der Waals surface area (Å²) in [4.78, 5) is 8.67. The number of hydrogen-bond acceptors (Lipinski definition) is 3. The van der Waals surface area contributed by atoms with E-state index in [1.54, 1.807) is 18.5 Å². The summed E-state index contributed by atoms with van der Waals surface area (Å²) in [5.41, 5.74) is 3.34. The lowest BCUT2D eigenvalue weighted by molar-refractivity contribution is 0.798. The molecule has 2 N–H and O–H groups in total. The van der Waals surface area contributed by atoms with Crippen LogP contribution < -0.4 is 10.6 Å². The van der Waals surface area contributed by atoms with Crippen LogP contribution in [0.1, 0.15) is 18.1 Å². The Bertz CT molecular complexity index is 841. The molecule has 0 unspecified atom stereocenters. The molecule has 3 aromatic rings.